The predicted molar refractivity (Wildman–Crippen MR) is 82.8 cm³/mol. The third-order valence-corrected chi connectivity index (χ3v) is 4.28. The minimum atomic E-state index is -0.786. The zero-order valence-electron chi connectivity index (χ0n) is 12.9. The second kappa shape index (κ2) is 7.82. The Morgan fingerprint density at radius 1 is 1.27 bits per heavy atom. The molecule has 1 saturated carbocycles. The van der Waals surface area contributed by atoms with E-state index in [4.69, 9.17) is 9.84 Å². The Morgan fingerprint density at radius 2 is 2.00 bits per heavy atom. The highest BCUT2D eigenvalue weighted by Gasteiger charge is 2.30. The smallest absolute Gasteiger partial charge is 0.306 e. The molecule has 1 aromatic rings. The van der Waals surface area contributed by atoms with E-state index in [1.165, 1.54) is 0 Å². The molecule has 0 saturated heterocycles. The second-order valence-corrected chi connectivity index (χ2v) is 5.75. The number of rotatable bonds is 6. The van der Waals surface area contributed by atoms with Crippen molar-refractivity contribution in [2.75, 3.05) is 13.7 Å². The van der Waals surface area contributed by atoms with E-state index in [2.05, 4.69) is 5.32 Å². The van der Waals surface area contributed by atoms with Gasteiger partial charge < -0.3 is 15.2 Å². The van der Waals surface area contributed by atoms with Gasteiger partial charge >= 0.3 is 5.97 Å². The van der Waals surface area contributed by atoms with Gasteiger partial charge in [0.25, 0.3) is 0 Å². The van der Waals surface area contributed by atoms with E-state index in [9.17, 15) is 9.59 Å². The maximum Gasteiger partial charge on any atom is 0.306 e. The van der Waals surface area contributed by atoms with Gasteiger partial charge in [-0.3, -0.25) is 9.59 Å². The van der Waals surface area contributed by atoms with Crippen molar-refractivity contribution in [2.24, 2.45) is 11.8 Å². The summed E-state index contributed by atoms with van der Waals surface area (Å²) in [5, 5.41) is 12.0. The molecule has 1 aliphatic rings. The van der Waals surface area contributed by atoms with Crippen LogP contribution in [0, 0.1) is 11.8 Å². The maximum absolute atomic E-state index is 12.2. The molecule has 0 bridgehead atoms. The summed E-state index contributed by atoms with van der Waals surface area (Å²) in [5.41, 5.74) is 1.05. The van der Waals surface area contributed by atoms with Crippen LogP contribution in [0.5, 0.6) is 5.75 Å². The van der Waals surface area contributed by atoms with Gasteiger partial charge in [0, 0.05) is 12.5 Å². The summed E-state index contributed by atoms with van der Waals surface area (Å²) in [6, 6.07) is 7.73. The summed E-state index contributed by atoms with van der Waals surface area (Å²) in [6.07, 6.45) is 3.42. The molecule has 0 heterocycles. The average molecular weight is 305 g/mol. The monoisotopic (exact) mass is 305 g/mol. The van der Waals surface area contributed by atoms with Gasteiger partial charge in [0.05, 0.1) is 13.0 Å². The fourth-order valence-electron chi connectivity index (χ4n) is 3.03. The Kier molecular flexibility index (Phi) is 5.81. The quantitative estimate of drug-likeness (QED) is 0.845. The van der Waals surface area contributed by atoms with Crippen LogP contribution in [0.15, 0.2) is 24.3 Å². The molecule has 2 atom stereocenters. The number of carbonyl (C=O) groups is 2. The predicted octanol–water partition coefficient (Wildman–Crippen LogP) is 2.24. The molecule has 1 amide bonds. The molecule has 0 aromatic heterocycles. The number of carboxylic acid groups (broad SMARTS) is 1. The van der Waals surface area contributed by atoms with Gasteiger partial charge in [-0.2, -0.15) is 0 Å². The van der Waals surface area contributed by atoms with Crippen LogP contribution in [0.2, 0.25) is 0 Å². The Hall–Kier alpha value is -2.04. The Morgan fingerprint density at radius 3 is 2.73 bits per heavy atom. The SMILES string of the molecule is COc1ccccc1CCNC(=O)C1CCCC(C(=O)O)C1. The van der Waals surface area contributed by atoms with E-state index in [1.54, 1.807) is 7.11 Å². The first-order chi connectivity index (χ1) is 10.6. The number of aliphatic carboxylic acids is 1. The molecule has 2 N–H and O–H groups in total. The Balaban J connectivity index is 1.81. The number of hydrogen-bond donors (Lipinski definition) is 2. The van der Waals surface area contributed by atoms with Crippen LogP contribution >= 0.6 is 0 Å². The highest BCUT2D eigenvalue weighted by Crippen LogP contribution is 2.29. The van der Waals surface area contributed by atoms with Gasteiger partial charge in [-0.25, -0.2) is 0 Å². The number of hydrogen-bond acceptors (Lipinski definition) is 3. The van der Waals surface area contributed by atoms with Crippen LogP contribution in [0.1, 0.15) is 31.2 Å². The van der Waals surface area contributed by atoms with Crippen molar-refractivity contribution in [3.05, 3.63) is 29.8 Å². The first-order valence-corrected chi connectivity index (χ1v) is 7.74. The third kappa shape index (κ3) is 4.23. The summed E-state index contributed by atoms with van der Waals surface area (Å²) in [4.78, 5) is 23.2. The lowest BCUT2D eigenvalue weighted by molar-refractivity contribution is -0.144. The number of carboxylic acids is 1. The van der Waals surface area contributed by atoms with Gasteiger partial charge in [-0.05, 0) is 37.3 Å². The van der Waals surface area contributed by atoms with Crippen molar-refractivity contribution in [1.82, 2.24) is 5.32 Å². The molecule has 1 aromatic carbocycles. The maximum atomic E-state index is 12.2. The van der Waals surface area contributed by atoms with Gasteiger partial charge in [0.1, 0.15) is 5.75 Å². The van der Waals surface area contributed by atoms with Gasteiger partial charge in [-0.1, -0.05) is 24.6 Å². The lowest BCUT2D eigenvalue weighted by Gasteiger charge is -2.25. The summed E-state index contributed by atoms with van der Waals surface area (Å²) >= 11 is 0. The second-order valence-electron chi connectivity index (χ2n) is 5.75. The topological polar surface area (TPSA) is 75.6 Å². The molecule has 2 unspecified atom stereocenters. The third-order valence-electron chi connectivity index (χ3n) is 4.28. The van der Waals surface area contributed by atoms with Crippen LogP contribution < -0.4 is 10.1 Å². The standard InChI is InChI=1S/C17H23NO4/c1-22-15-8-3-2-5-12(15)9-10-18-16(19)13-6-4-7-14(11-13)17(20)21/h2-3,5,8,13-14H,4,6-7,9-11H2,1H3,(H,18,19)(H,20,21). The lowest BCUT2D eigenvalue weighted by Crippen LogP contribution is -2.36. The minimum absolute atomic E-state index is 0.0270. The highest BCUT2D eigenvalue weighted by molar-refractivity contribution is 5.80. The number of ether oxygens (including phenoxy) is 1. The molecule has 120 valence electrons. The molecule has 22 heavy (non-hydrogen) atoms. The summed E-state index contributed by atoms with van der Waals surface area (Å²) < 4.78 is 5.28. The number of carbonyl (C=O) groups excluding carboxylic acids is 1. The van der Waals surface area contributed by atoms with Crippen molar-refractivity contribution in [2.45, 2.75) is 32.1 Å². The molecule has 5 nitrogen and oxygen atoms in total. The average Bonchev–Trinajstić information content (AvgIpc) is 2.55. The van der Waals surface area contributed by atoms with E-state index in [1.807, 2.05) is 24.3 Å². The van der Waals surface area contributed by atoms with Gasteiger partial charge in [0.15, 0.2) is 0 Å². The zero-order chi connectivity index (χ0) is 15.9. The normalized spacial score (nSPS) is 21.1. The van der Waals surface area contributed by atoms with E-state index in [-0.39, 0.29) is 17.7 Å². The molecule has 0 radical (unpaired) electrons. The van der Waals surface area contributed by atoms with E-state index in [0.717, 1.165) is 24.2 Å². The number of methoxy groups -OCH3 is 1. The largest absolute Gasteiger partial charge is 0.496 e. The van der Waals surface area contributed by atoms with Crippen LogP contribution in [0.4, 0.5) is 0 Å². The van der Waals surface area contributed by atoms with Gasteiger partial charge in [-0.15, -0.1) is 0 Å². The fourth-order valence-corrected chi connectivity index (χ4v) is 3.03. The fraction of sp³-hybridized carbons (Fsp3) is 0.529. The van der Waals surface area contributed by atoms with Crippen LogP contribution in [-0.2, 0) is 16.0 Å². The van der Waals surface area contributed by atoms with Crippen molar-refractivity contribution in [3.8, 4) is 5.75 Å². The van der Waals surface area contributed by atoms with E-state index in [0.29, 0.717) is 25.8 Å². The van der Waals surface area contributed by atoms with Crippen molar-refractivity contribution in [3.63, 3.8) is 0 Å². The highest BCUT2D eigenvalue weighted by atomic mass is 16.5. The first-order valence-electron chi connectivity index (χ1n) is 7.74. The van der Waals surface area contributed by atoms with E-state index < -0.39 is 5.97 Å². The molecular formula is C17H23NO4. The lowest BCUT2D eigenvalue weighted by atomic mass is 9.81. The zero-order valence-corrected chi connectivity index (χ0v) is 12.9. The first kappa shape index (κ1) is 16.3. The number of amides is 1. The molecule has 1 fully saturated rings. The summed E-state index contributed by atoms with van der Waals surface area (Å²) in [6.45, 7) is 0.535. The number of para-hydroxylation sites is 1. The molecular weight excluding hydrogens is 282 g/mol. The summed E-state index contributed by atoms with van der Waals surface area (Å²) in [7, 11) is 1.63. The van der Waals surface area contributed by atoms with Crippen LogP contribution in [0.3, 0.4) is 0 Å². The van der Waals surface area contributed by atoms with Crippen LogP contribution in [0.25, 0.3) is 0 Å². The Bertz CT molecular complexity index is 529. The van der Waals surface area contributed by atoms with Crippen molar-refractivity contribution in [1.29, 1.82) is 0 Å². The Labute approximate surface area is 130 Å². The van der Waals surface area contributed by atoms with Crippen molar-refractivity contribution >= 4 is 11.9 Å². The molecule has 1 aliphatic carbocycles. The van der Waals surface area contributed by atoms with E-state index >= 15 is 0 Å². The summed E-state index contributed by atoms with van der Waals surface area (Å²) in [5.74, 6) is -0.543. The number of nitrogens with one attached hydrogen (secondary N) is 1. The molecule has 2 rings (SSSR count). The molecule has 5 heteroatoms. The number of benzene rings is 1. The molecule has 0 aliphatic heterocycles. The van der Waals surface area contributed by atoms with Gasteiger partial charge in [0.2, 0.25) is 5.91 Å². The van der Waals surface area contributed by atoms with Crippen molar-refractivity contribution < 1.29 is 19.4 Å². The molecule has 0 spiro atoms. The van der Waals surface area contributed by atoms with Crippen LogP contribution in [-0.4, -0.2) is 30.6 Å². The minimum Gasteiger partial charge on any atom is -0.496 e.